The van der Waals surface area contributed by atoms with Gasteiger partial charge in [0, 0.05) is 18.4 Å². The summed E-state index contributed by atoms with van der Waals surface area (Å²) in [5.74, 6) is 2.43. The highest BCUT2D eigenvalue weighted by Crippen LogP contribution is 2.33. The molecule has 0 bridgehead atoms. The molecule has 5 nitrogen and oxygen atoms in total. The third kappa shape index (κ3) is 3.16. The molecular formula is C16H22N4OS. The Hall–Kier alpha value is -1.43. The molecule has 0 unspecified atom stereocenters. The van der Waals surface area contributed by atoms with Gasteiger partial charge in [-0.2, -0.15) is 4.98 Å². The van der Waals surface area contributed by atoms with Gasteiger partial charge in [0.15, 0.2) is 5.78 Å². The molecule has 0 spiro atoms. The third-order valence-electron chi connectivity index (χ3n) is 3.90. The van der Waals surface area contributed by atoms with Crippen molar-refractivity contribution in [2.45, 2.75) is 52.1 Å². The predicted octanol–water partition coefficient (Wildman–Crippen LogP) is 3.42. The van der Waals surface area contributed by atoms with Crippen molar-refractivity contribution in [1.29, 1.82) is 0 Å². The molecule has 0 saturated carbocycles. The minimum absolute atomic E-state index is 0.0235. The molecule has 0 radical (unpaired) electrons. The van der Waals surface area contributed by atoms with E-state index in [4.69, 9.17) is 0 Å². The molecular weight excluding hydrogens is 296 g/mol. The molecule has 2 aromatic rings. The van der Waals surface area contributed by atoms with Gasteiger partial charge in [-0.25, -0.2) is 9.50 Å². The molecule has 0 amide bonds. The minimum Gasteiger partial charge on any atom is -0.294 e. The van der Waals surface area contributed by atoms with E-state index in [2.05, 4.69) is 42.8 Å². The fraction of sp³-hybridized carbons (Fsp3) is 0.625. The van der Waals surface area contributed by atoms with Crippen LogP contribution in [-0.2, 0) is 6.42 Å². The highest BCUT2D eigenvalue weighted by molar-refractivity contribution is 7.99. The highest BCUT2D eigenvalue weighted by atomic mass is 32.2. The van der Waals surface area contributed by atoms with Crippen LogP contribution in [0.5, 0.6) is 0 Å². The Morgan fingerprint density at radius 1 is 1.32 bits per heavy atom. The molecule has 0 saturated heterocycles. The second-order valence-corrected chi connectivity index (χ2v) is 8.27. The van der Waals surface area contributed by atoms with Crippen molar-refractivity contribution >= 4 is 23.3 Å². The standard InChI is InChI=1S/C16H22N4OS/c1-10(2)5-6-22-15-18-14-17-12-7-16(3,4)8-13(21)11(12)9-20(14)19-15/h9-10H,5-8H2,1-4H3. The zero-order valence-electron chi connectivity index (χ0n) is 13.6. The first-order chi connectivity index (χ1) is 10.3. The van der Waals surface area contributed by atoms with Gasteiger partial charge in [0.1, 0.15) is 0 Å². The van der Waals surface area contributed by atoms with Crippen LogP contribution in [0.15, 0.2) is 11.4 Å². The summed E-state index contributed by atoms with van der Waals surface area (Å²) in [6.07, 6.45) is 4.32. The van der Waals surface area contributed by atoms with Gasteiger partial charge in [-0.05, 0) is 24.2 Å². The van der Waals surface area contributed by atoms with Crippen LogP contribution in [0.4, 0.5) is 0 Å². The van der Waals surface area contributed by atoms with E-state index < -0.39 is 0 Å². The Labute approximate surface area is 134 Å². The summed E-state index contributed by atoms with van der Waals surface area (Å²) in [6.45, 7) is 8.63. The van der Waals surface area contributed by atoms with E-state index in [0.29, 0.717) is 23.7 Å². The van der Waals surface area contributed by atoms with Gasteiger partial charge in [-0.15, -0.1) is 5.10 Å². The Morgan fingerprint density at radius 2 is 2.09 bits per heavy atom. The van der Waals surface area contributed by atoms with Crippen LogP contribution in [-0.4, -0.2) is 31.1 Å². The van der Waals surface area contributed by atoms with Crippen LogP contribution in [0.1, 0.15) is 56.6 Å². The third-order valence-corrected chi connectivity index (χ3v) is 4.77. The molecule has 118 valence electrons. The Morgan fingerprint density at radius 3 is 2.82 bits per heavy atom. The number of nitrogens with zero attached hydrogens (tertiary/aromatic N) is 4. The zero-order valence-corrected chi connectivity index (χ0v) is 14.4. The fourth-order valence-electron chi connectivity index (χ4n) is 2.70. The summed E-state index contributed by atoms with van der Waals surface area (Å²) < 4.78 is 1.65. The van der Waals surface area contributed by atoms with Gasteiger partial charge in [-0.3, -0.25) is 4.79 Å². The van der Waals surface area contributed by atoms with Crippen LogP contribution in [0.3, 0.4) is 0 Å². The number of fused-ring (bicyclic) bond motifs is 2. The predicted molar refractivity (Wildman–Crippen MR) is 87.4 cm³/mol. The lowest BCUT2D eigenvalue weighted by molar-refractivity contribution is 0.0909. The summed E-state index contributed by atoms with van der Waals surface area (Å²) in [7, 11) is 0. The van der Waals surface area contributed by atoms with Crippen molar-refractivity contribution < 1.29 is 4.79 Å². The summed E-state index contributed by atoms with van der Waals surface area (Å²) in [5.41, 5.74) is 1.54. The molecule has 0 fully saturated rings. The molecule has 0 atom stereocenters. The highest BCUT2D eigenvalue weighted by Gasteiger charge is 2.32. The maximum Gasteiger partial charge on any atom is 0.253 e. The first-order valence-electron chi connectivity index (χ1n) is 7.76. The monoisotopic (exact) mass is 318 g/mol. The van der Waals surface area contributed by atoms with E-state index in [1.807, 2.05) is 0 Å². The normalized spacial score (nSPS) is 17.2. The number of carbonyl (C=O) groups is 1. The van der Waals surface area contributed by atoms with E-state index in [1.165, 1.54) is 0 Å². The smallest absolute Gasteiger partial charge is 0.253 e. The molecule has 1 aliphatic rings. The summed E-state index contributed by atoms with van der Waals surface area (Å²) >= 11 is 1.65. The Bertz CT molecular complexity index is 720. The summed E-state index contributed by atoms with van der Waals surface area (Å²) in [6, 6.07) is 0. The molecule has 0 N–H and O–H groups in total. The van der Waals surface area contributed by atoms with Crippen molar-refractivity contribution in [3.05, 3.63) is 17.5 Å². The van der Waals surface area contributed by atoms with E-state index in [-0.39, 0.29) is 11.2 Å². The lowest BCUT2D eigenvalue weighted by Gasteiger charge is -2.28. The van der Waals surface area contributed by atoms with Gasteiger partial charge in [0.2, 0.25) is 5.16 Å². The van der Waals surface area contributed by atoms with Crippen LogP contribution < -0.4 is 0 Å². The Kier molecular flexibility index (Phi) is 3.97. The second-order valence-electron chi connectivity index (χ2n) is 7.21. The molecule has 1 aliphatic carbocycles. The SMILES string of the molecule is CC(C)CCSc1nc2nc3c(cn2n1)C(=O)CC(C)(C)C3. The molecule has 0 aromatic carbocycles. The van der Waals surface area contributed by atoms with Gasteiger partial charge < -0.3 is 0 Å². The molecule has 2 heterocycles. The number of Topliss-reactive ketones (excluding diaryl/α,β-unsaturated/α-hetero) is 1. The van der Waals surface area contributed by atoms with Crippen molar-refractivity contribution in [3.8, 4) is 0 Å². The van der Waals surface area contributed by atoms with E-state index in [1.54, 1.807) is 22.5 Å². The van der Waals surface area contributed by atoms with Crippen LogP contribution in [0.2, 0.25) is 0 Å². The molecule has 2 aromatic heterocycles. The van der Waals surface area contributed by atoms with Crippen LogP contribution in [0.25, 0.3) is 5.78 Å². The number of aromatic nitrogens is 4. The van der Waals surface area contributed by atoms with Crippen molar-refractivity contribution in [1.82, 2.24) is 19.6 Å². The maximum absolute atomic E-state index is 12.3. The lowest BCUT2D eigenvalue weighted by atomic mass is 9.76. The van der Waals surface area contributed by atoms with Crippen molar-refractivity contribution in [2.75, 3.05) is 5.75 Å². The van der Waals surface area contributed by atoms with Crippen molar-refractivity contribution in [3.63, 3.8) is 0 Å². The zero-order chi connectivity index (χ0) is 15.9. The first kappa shape index (κ1) is 15.5. The van der Waals surface area contributed by atoms with E-state index in [9.17, 15) is 4.79 Å². The number of rotatable bonds is 4. The molecule has 0 aliphatic heterocycles. The number of ketones is 1. The maximum atomic E-state index is 12.3. The minimum atomic E-state index is -0.0235. The lowest BCUT2D eigenvalue weighted by Crippen LogP contribution is -2.28. The first-order valence-corrected chi connectivity index (χ1v) is 8.75. The average molecular weight is 318 g/mol. The number of thioether (sulfide) groups is 1. The second kappa shape index (κ2) is 5.65. The summed E-state index contributed by atoms with van der Waals surface area (Å²) in [4.78, 5) is 21.4. The average Bonchev–Trinajstić information content (AvgIpc) is 2.76. The van der Waals surface area contributed by atoms with Crippen LogP contribution >= 0.6 is 11.8 Å². The number of hydrogen-bond acceptors (Lipinski definition) is 5. The van der Waals surface area contributed by atoms with Gasteiger partial charge in [0.25, 0.3) is 5.78 Å². The quantitative estimate of drug-likeness (QED) is 0.808. The van der Waals surface area contributed by atoms with Gasteiger partial charge in [-0.1, -0.05) is 39.5 Å². The summed E-state index contributed by atoms with van der Waals surface area (Å²) in [5, 5.41) is 5.18. The topological polar surface area (TPSA) is 60.1 Å². The van der Waals surface area contributed by atoms with Crippen LogP contribution in [0, 0.1) is 11.3 Å². The van der Waals surface area contributed by atoms with E-state index in [0.717, 1.165) is 29.4 Å². The number of carbonyl (C=O) groups excluding carboxylic acids is 1. The molecule has 22 heavy (non-hydrogen) atoms. The number of hydrogen-bond donors (Lipinski definition) is 0. The Balaban J connectivity index is 1.89. The van der Waals surface area contributed by atoms with Gasteiger partial charge in [0.05, 0.1) is 11.3 Å². The fourth-order valence-corrected chi connectivity index (χ4v) is 3.76. The molecule has 6 heteroatoms. The van der Waals surface area contributed by atoms with Gasteiger partial charge >= 0.3 is 0 Å². The largest absolute Gasteiger partial charge is 0.294 e. The van der Waals surface area contributed by atoms with Crippen molar-refractivity contribution in [2.24, 2.45) is 11.3 Å². The van der Waals surface area contributed by atoms with E-state index >= 15 is 0 Å². The molecule has 3 rings (SSSR count).